The van der Waals surface area contributed by atoms with E-state index in [1.165, 1.54) is 30.8 Å². The number of piperidine rings is 1. The summed E-state index contributed by atoms with van der Waals surface area (Å²) in [4.78, 5) is 20.1. The maximum Gasteiger partial charge on any atom is 0.322 e. The number of aromatic nitrogens is 3. The molecule has 0 radical (unpaired) electrons. The number of alkyl halides is 4. The first-order valence-electron chi connectivity index (χ1n) is 12.8. The van der Waals surface area contributed by atoms with Crippen molar-refractivity contribution in [1.82, 2.24) is 25.0 Å². The summed E-state index contributed by atoms with van der Waals surface area (Å²) in [5, 5.41) is 24.5. The van der Waals surface area contributed by atoms with Gasteiger partial charge in [-0.05, 0) is 39.2 Å². The highest BCUT2D eigenvalue weighted by Gasteiger charge is 2.57. The van der Waals surface area contributed by atoms with Crippen LogP contribution in [-0.2, 0) is 6.54 Å². The van der Waals surface area contributed by atoms with Crippen LogP contribution in [0.4, 0.5) is 28.2 Å². The van der Waals surface area contributed by atoms with Gasteiger partial charge in [-0.15, -0.1) is 0 Å². The van der Waals surface area contributed by atoms with Crippen molar-refractivity contribution in [2.24, 2.45) is 5.73 Å². The molecule has 1 aliphatic carbocycles. The van der Waals surface area contributed by atoms with Crippen LogP contribution in [0.3, 0.4) is 0 Å². The maximum atomic E-state index is 14.6. The van der Waals surface area contributed by atoms with Crippen LogP contribution in [0.5, 0.6) is 0 Å². The summed E-state index contributed by atoms with van der Waals surface area (Å²) in [6.07, 6.45) is 3.47. The number of carbonyl (C=O) groups is 1. The number of aliphatic hydroxyl groups is 1. The van der Waals surface area contributed by atoms with Gasteiger partial charge in [-0.2, -0.15) is 5.10 Å². The van der Waals surface area contributed by atoms with E-state index in [1.807, 2.05) is 0 Å². The van der Waals surface area contributed by atoms with Crippen molar-refractivity contribution in [3.63, 3.8) is 0 Å². The van der Waals surface area contributed by atoms with Gasteiger partial charge in [0.2, 0.25) is 0 Å². The number of allylic oxidation sites excluding steroid dienone is 1. The van der Waals surface area contributed by atoms with Gasteiger partial charge in [0.1, 0.15) is 5.67 Å². The molecule has 0 atom stereocenters. The number of amides is 2. The molecule has 5 N–H and O–H groups in total. The minimum atomic E-state index is -2.99. The average Bonchev–Trinajstić information content (AvgIpc) is 3.56. The molecule has 0 aromatic carbocycles. The first-order valence-corrected chi connectivity index (χ1v) is 12.8. The largest absolute Gasteiger partial charge is 0.395 e. The van der Waals surface area contributed by atoms with Crippen LogP contribution >= 0.6 is 0 Å². The average molecular weight is 553 g/mol. The Labute approximate surface area is 222 Å². The maximum absolute atomic E-state index is 14.6. The van der Waals surface area contributed by atoms with Crippen LogP contribution in [0.1, 0.15) is 45.2 Å². The van der Waals surface area contributed by atoms with E-state index >= 15 is 0 Å². The van der Waals surface area contributed by atoms with Crippen LogP contribution in [0.25, 0.3) is 16.6 Å². The fourth-order valence-corrected chi connectivity index (χ4v) is 5.28. The Hall–Kier alpha value is -3.42. The van der Waals surface area contributed by atoms with Gasteiger partial charge >= 0.3 is 6.03 Å². The van der Waals surface area contributed by atoms with Gasteiger partial charge in [0.15, 0.2) is 11.5 Å². The molecule has 0 unspecified atom stereocenters. The number of anilines is 1. The lowest BCUT2D eigenvalue weighted by Crippen LogP contribution is -2.61. The van der Waals surface area contributed by atoms with E-state index in [4.69, 9.17) is 11.1 Å². The van der Waals surface area contributed by atoms with Gasteiger partial charge in [-0.25, -0.2) is 22.4 Å². The van der Waals surface area contributed by atoms with Gasteiger partial charge in [0.05, 0.1) is 60.8 Å². The third-order valence-corrected chi connectivity index (χ3v) is 7.62. The number of carbonyl (C=O) groups excluding carboxylic acids is 1. The summed E-state index contributed by atoms with van der Waals surface area (Å²) in [7, 11) is 0. The molecule has 2 aromatic heterocycles. The number of hydrogen-bond acceptors (Lipinski definition) is 7. The van der Waals surface area contributed by atoms with Crippen molar-refractivity contribution in [2.45, 2.75) is 68.9 Å². The van der Waals surface area contributed by atoms with Crippen molar-refractivity contribution >= 4 is 34.7 Å². The highest BCUT2D eigenvalue weighted by atomic mass is 19.3. The number of nitrogens with two attached hydrogens (primary N) is 1. The Morgan fingerprint density at radius 3 is 2.49 bits per heavy atom. The molecule has 1 spiro atoms. The highest BCUT2D eigenvalue weighted by molar-refractivity contribution is 5.96. The number of urea groups is 1. The predicted molar refractivity (Wildman–Crippen MR) is 137 cm³/mol. The lowest BCUT2D eigenvalue weighted by molar-refractivity contribution is -0.0734. The molecule has 212 valence electrons. The van der Waals surface area contributed by atoms with Gasteiger partial charge in [0, 0.05) is 24.4 Å². The van der Waals surface area contributed by atoms with E-state index in [0.717, 1.165) is 11.1 Å². The first-order chi connectivity index (χ1) is 18.2. The zero-order valence-electron chi connectivity index (χ0n) is 21.8. The summed E-state index contributed by atoms with van der Waals surface area (Å²) in [5.74, 6) is -2.62. The number of aliphatic hydroxyl groups excluding tert-OH is 1. The number of nitrogens with zero attached hydrogens (tertiary/aromatic N) is 5. The van der Waals surface area contributed by atoms with Crippen LogP contribution in [-0.4, -0.2) is 86.1 Å². The Morgan fingerprint density at radius 2 is 1.90 bits per heavy atom. The molecule has 2 aromatic rings. The Kier molecular flexibility index (Phi) is 6.31. The third kappa shape index (κ3) is 5.13. The molecule has 39 heavy (non-hydrogen) atoms. The highest BCUT2D eigenvalue weighted by Crippen LogP contribution is 2.51. The van der Waals surface area contributed by atoms with Gasteiger partial charge in [-0.1, -0.05) is 0 Å². The van der Waals surface area contributed by atoms with Crippen molar-refractivity contribution in [3.05, 3.63) is 23.7 Å². The number of rotatable bonds is 7. The molecule has 2 amide bonds. The monoisotopic (exact) mass is 552 g/mol. The number of hydrogen-bond donors (Lipinski definition) is 4. The van der Waals surface area contributed by atoms with Crippen molar-refractivity contribution in [3.8, 4) is 0 Å². The van der Waals surface area contributed by atoms with E-state index in [9.17, 15) is 27.5 Å². The smallest absolute Gasteiger partial charge is 0.322 e. The van der Waals surface area contributed by atoms with E-state index in [1.54, 1.807) is 4.90 Å². The van der Waals surface area contributed by atoms with Crippen molar-refractivity contribution in [2.75, 3.05) is 31.1 Å². The zero-order chi connectivity index (χ0) is 28.4. The molecule has 2 aliphatic heterocycles. The number of halogens is 4. The third-order valence-electron chi connectivity index (χ3n) is 7.62. The molecule has 3 fully saturated rings. The van der Waals surface area contributed by atoms with E-state index in [-0.39, 0.29) is 49.6 Å². The number of nitrogens with one attached hydrogen (secondary N) is 2. The Bertz CT molecular complexity index is 1340. The number of fused-ring (bicyclic) bond motifs is 1. The standard InChI is InChI=1S/C25H32F4N8O2/c1-22(2,26)10-37-18-7-16(32-9-15(18)20(34-37)35-11-23(27,12-35)14-38)19(31)17(8-30)33-21(39)36-13-25(28,29)6-5-24(36)3-4-24/h7-9,30,38H,3-6,10-14,31H2,1-2H3,(H,33,39)/b19-17+,30-8?. The molecular formula is C25H32F4N8O2. The minimum absolute atomic E-state index is 0.0839. The summed E-state index contributed by atoms with van der Waals surface area (Å²) < 4.78 is 58.6. The minimum Gasteiger partial charge on any atom is -0.395 e. The summed E-state index contributed by atoms with van der Waals surface area (Å²) >= 11 is 0. The fraction of sp³-hybridized carbons (Fsp3) is 0.600. The Morgan fingerprint density at radius 1 is 1.23 bits per heavy atom. The second-order valence-electron chi connectivity index (χ2n) is 11.5. The fourth-order valence-electron chi connectivity index (χ4n) is 5.28. The number of pyridine rings is 1. The second kappa shape index (κ2) is 9.07. The Balaban J connectivity index is 1.46. The molecule has 4 heterocycles. The van der Waals surface area contributed by atoms with E-state index < -0.39 is 42.0 Å². The van der Waals surface area contributed by atoms with Crippen molar-refractivity contribution in [1.29, 1.82) is 5.41 Å². The second-order valence-corrected chi connectivity index (χ2v) is 11.5. The molecule has 0 bridgehead atoms. The van der Waals surface area contributed by atoms with Crippen molar-refractivity contribution < 1.29 is 27.5 Å². The van der Waals surface area contributed by atoms with Crippen LogP contribution in [0, 0.1) is 5.41 Å². The van der Waals surface area contributed by atoms with Gasteiger partial charge in [0.25, 0.3) is 5.92 Å². The molecule has 5 rings (SSSR count). The van der Waals surface area contributed by atoms with Crippen LogP contribution in [0.2, 0.25) is 0 Å². The molecule has 2 saturated heterocycles. The molecule has 3 aliphatic rings. The lowest BCUT2D eigenvalue weighted by Gasteiger charge is -2.43. The quantitative estimate of drug-likeness (QED) is 0.308. The van der Waals surface area contributed by atoms with Gasteiger partial charge < -0.3 is 31.4 Å². The topological polar surface area (TPSA) is 136 Å². The SMILES string of the molecule is CC(C)(F)Cn1nc(N2CC(F)(CO)C2)c2cnc(/C(N)=C(/C=N)NC(=O)N3CC(F)(F)CCC34CC4)cc21. The predicted octanol–water partition coefficient (Wildman–Crippen LogP) is 2.95. The molecule has 14 heteroatoms. The first kappa shape index (κ1) is 27.2. The zero-order valence-corrected chi connectivity index (χ0v) is 21.8. The summed E-state index contributed by atoms with van der Waals surface area (Å²) in [5.41, 5.74) is 2.68. The van der Waals surface area contributed by atoms with Crippen LogP contribution in [0.15, 0.2) is 18.0 Å². The molecular weight excluding hydrogens is 520 g/mol. The molecule has 1 saturated carbocycles. The summed E-state index contributed by atoms with van der Waals surface area (Å²) in [6, 6.07) is 0.756. The van der Waals surface area contributed by atoms with E-state index in [0.29, 0.717) is 29.6 Å². The van der Waals surface area contributed by atoms with Gasteiger partial charge in [-0.3, -0.25) is 9.67 Å². The summed E-state index contributed by atoms with van der Waals surface area (Å²) in [6.45, 7) is 1.14. The number of likely N-dealkylation sites (tertiary alicyclic amines) is 1. The molecule has 10 nitrogen and oxygen atoms in total. The van der Waals surface area contributed by atoms with Crippen LogP contribution < -0.4 is 16.0 Å². The van der Waals surface area contributed by atoms with E-state index in [2.05, 4.69) is 15.4 Å². The normalized spacial score (nSPS) is 21.9. The lowest BCUT2D eigenvalue weighted by atomic mass is 9.97.